The number of nitriles is 2. The van der Waals surface area contributed by atoms with E-state index in [0.717, 1.165) is 5.56 Å². The molecule has 0 heterocycles. The maximum atomic E-state index is 9.25. The third-order valence-electron chi connectivity index (χ3n) is 4.61. The normalized spacial score (nSPS) is 41.9. The van der Waals surface area contributed by atoms with Crippen molar-refractivity contribution in [3.05, 3.63) is 34.9 Å². The average Bonchev–Trinajstić information content (AvgIpc) is 2.70. The highest BCUT2D eigenvalue weighted by Gasteiger charge is 2.81. The molecule has 3 aliphatic carbocycles. The van der Waals surface area contributed by atoms with E-state index in [-0.39, 0.29) is 5.41 Å². The third-order valence-corrected chi connectivity index (χ3v) is 4.61. The van der Waals surface area contributed by atoms with Gasteiger partial charge in [0.1, 0.15) is 0 Å². The first-order valence-corrected chi connectivity index (χ1v) is 5.28. The van der Waals surface area contributed by atoms with E-state index in [1.807, 2.05) is 12.1 Å². The summed E-state index contributed by atoms with van der Waals surface area (Å²) in [6.45, 7) is 0. The molecule has 2 saturated carbocycles. The van der Waals surface area contributed by atoms with Crippen LogP contribution < -0.4 is 0 Å². The number of hydrogen-bond acceptors (Lipinski definition) is 2. The molecule has 0 aromatic heterocycles. The number of rotatable bonds is 0. The van der Waals surface area contributed by atoms with Crippen LogP contribution >= 0.6 is 0 Å². The van der Waals surface area contributed by atoms with Crippen molar-refractivity contribution in [2.75, 3.05) is 0 Å². The third kappa shape index (κ3) is 0.546. The highest BCUT2D eigenvalue weighted by molar-refractivity contribution is 5.61. The lowest BCUT2D eigenvalue weighted by atomic mass is 9.70. The lowest BCUT2D eigenvalue weighted by Gasteiger charge is -2.31. The molecule has 0 N–H and O–H groups in total. The molecule has 1 aromatic rings. The molecule has 0 bridgehead atoms. The van der Waals surface area contributed by atoms with Crippen LogP contribution in [0.4, 0.5) is 0 Å². The first-order chi connectivity index (χ1) is 7.32. The van der Waals surface area contributed by atoms with Crippen LogP contribution in [0.2, 0.25) is 0 Å². The second kappa shape index (κ2) is 1.92. The Bertz CT molecular complexity index is 575. The van der Waals surface area contributed by atoms with Gasteiger partial charge in [0.15, 0.2) is 0 Å². The molecule has 70 valence electrons. The quantitative estimate of drug-likeness (QED) is 0.633. The van der Waals surface area contributed by atoms with Gasteiger partial charge in [-0.05, 0) is 35.6 Å². The molecule has 0 radical (unpaired) electrons. The SMILES string of the molecule is N#Cc1ccc2c(c1)[C@@H]1C[C@@H]3[C@H]2[C@@]31C#N. The number of hydrogen-bond donors (Lipinski definition) is 0. The van der Waals surface area contributed by atoms with Crippen molar-refractivity contribution < 1.29 is 0 Å². The first kappa shape index (κ1) is 7.49. The van der Waals surface area contributed by atoms with E-state index in [9.17, 15) is 5.26 Å². The van der Waals surface area contributed by atoms with Gasteiger partial charge >= 0.3 is 0 Å². The molecule has 2 fully saturated rings. The minimum atomic E-state index is -0.0452. The summed E-state index contributed by atoms with van der Waals surface area (Å²) in [6.07, 6.45) is 1.17. The topological polar surface area (TPSA) is 47.6 Å². The van der Waals surface area contributed by atoms with Gasteiger partial charge in [0, 0.05) is 11.8 Å². The van der Waals surface area contributed by atoms with E-state index in [0.29, 0.717) is 17.8 Å². The van der Waals surface area contributed by atoms with E-state index in [4.69, 9.17) is 5.26 Å². The molecule has 1 aromatic carbocycles. The molecule has 0 spiro atoms. The van der Waals surface area contributed by atoms with E-state index in [2.05, 4.69) is 18.2 Å². The molecule has 0 unspecified atom stereocenters. The highest BCUT2D eigenvalue weighted by Crippen LogP contribution is 2.86. The Morgan fingerprint density at radius 1 is 1.27 bits per heavy atom. The Morgan fingerprint density at radius 3 is 2.87 bits per heavy atom. The van der Waals surface area contributed by atoms with Gasteiger partial charge in [-0.25, -0.2) is 0 Å². The second-order valence-corrected chi connectivity index (χ2v) is 4.87. The van der Waals surface area contributed by atoms with Gasteiger partial charge < -0.3 is 0 Å². The van der Waals surface area contributed by atoms with Crippen molar-refractivity contribution in [2.24, 2.45) is 11.3 Å². The molecule has 0 amide bonds. The summed E-state index contributed by atoms with van der Waals surface area (Å²) in [7, 11) is 0. The molecule has 2 heteroatoms. The molecule has 0 aliphatic heterocycles. The van der Waals surface area contributed by atoms with Gasteiger partial charge in [0.25, 0.3) is 0 Å². The van der Waals surface area contributed by atoms with E-state index in [1.54, 1.807) is 0 Å². The fourth-order valence-corrected chi connectivity index (χ4v) is 3.89. The fourth-order valence-electron chi connectivity index (χ4n) is 3.89. The van der Waals surface area contributed by atoms with Crippen molar-refractivity contribution in [1.82, 2.24) is 0 Å². The van der Waals surface area contributed by atoms with Crippen molar-refractivity contribution in [2.45, 2.75) is 18.3 Å². The van der Waals surface area contributed by atoms with Crippen molar-refractivity contribution in [3.63, 3.8) is 0 Å². The zero-order valence-electron chi connectivity index (χ0n) is 8.07. The Kier molecular flexibility index (Phi) is 0.960. The fraction of sp³-hybridized carbons (Fsp3) is 0.385. The zero-order valence-corrected chi connectivity index (χ0v) is 8.07. The van der Waals surface area contributed by atoms with Gasteiger partial charge in [0.2, 0.25) is 0 Å². The van der Waals surface area contributed by atoms with E-state index >= 15 is 0 Å². The average molecular weight is 192 g/mol. The number of fused-ring (bicyclic) bond motifs is 4. The van der Waals surface area contributed by atoms with Gasteiger partial charge in [0.05, 0.1) is 23.1 Å². The molecule has 2 nitrogen and oxygen atoms in total. The summed E-state index contributed by atoms with van der Waals surface area (Å²) in [5.41, 5.74) is 3.31. The summed E-state index contributed by atoms with van der Waals surface area (Å²) in [5, 5.41) is 18.1. The molecular weight excluding hydrogens is 184 g/mol. The first-order valence-electron chi connectivity index (χ1n) is 5.28. The summed E-state index contributed by atoms with van der Waals surface area (Å²) in [4.78, 5) is 0. The maximum absolute atomic E-state index is 9.25. The Labute approximate surface area is 87.8 Å². The summed E-state index contributed by atoms with van der Waals surface area (Å²) < 4.78 is 0. The minimum absolute atomic E-state index is 0.0452. The van der Waals surface area contributed by atoms with Gasteiger partial charge in [-0.1, -0.05) is 6.07 Å². The van der Waals surface area contributed by atoms with Crippen LogP contribution in [0.1, 0.15) is 34.9 Å². The molecule has 0 saturated heterocycles. The Hall–Kier alpha value is -1.80. The smallest absolute Gasteiger partial charge is 0.0991 e. The van der Waals surface area contributed by atoms with Gasteiger partial charge in [-0.2, -0.15) is 10.5 Å². The standard InChI is InChI=1S/C13H8N2/c14-5-7-1-2-8-9(3-7)10-4-11-12(8)13(10,11)6-15/h1-3,10-12H,4H2/t10-,11+,12-,13+/m0/s1. The monoisotopic (exact) mass is 192 g/mol. The molecule has 4 rings (SSSR count). The van der Waals surface area contributed by atoms with Crippen LogP contribution in [0, 0.1) is 34.0 Å². The Morgan fingerprint density at radius 2 is 2.13 bits per heavy atom. The van der Waals surface area contributed by atoms with Crippen LogP contribution in [-0.2, 0) is 0 Å². The van der Waals surface area contributed by atoms with E-state index < -0.39 is 0 Å². The lowest BCUT2D eigenvalue weighted by Crippen LogP contribution is -2.24. The lowest BCUT2D eigenvalue weighted by molar-refractivity contribution is 0.311. The predicted octanol–water partition coefficient (Wildman–Crippen LogP) is 2.28. The largest absolute Gasteiger partial charge is 0.198 e. The van der Waals surface area contributed by atoms with Gasteiger partial charge in [-0.15, -0.1) is 0 Å². The zero-order chi connectivity index (χ0) is 10.2. The number of benzene rings is 1. The van der Waals surface area contributed by atoms with Crippen molar-refractivity contribution >= 4 is 0 Å². The molecule has 4 atom stereocenters. The van der Waals surface area contributed by atoms with Crippen LogP contribution in [-0.4, -0.2) is 0 Å². The van der Waals surface area contributed by atoms with Crippen LogP contribution in [0.3, 0.4) is 0 Å². The van der Waals surface area contributed by atoms with Gasteiger partial charge in [-0.3, -0.25) is 0 Å². The highest BCUT2D eigenvalue weighted by atomic mass is 14.8. The maximum Gasteiger partial charge on any atom is 0.0991 e. The van der Waals surface area contributed by atoms with Crippen molar-refractivity contribution in [1.29, 1.82) is 10.5 Å². The summed E-state index contributed by atoms with van der Waals surface area (Å²) >= 11 is 0. The Balaban J connectivity index is 1.95. The van der Waals surface area contributed by atoms with Crippen LogP contribution in [0.5, 0.6) is 0 Å². The predicted molar refractivity (Wildman–Crippen MR) is 52.8 cm³/mol. The van der Waals surface area contributed by atoms with Crippen LogP contribution in [0.25, 0.3) is 0 Å². The summed E-state index contributed by atoms with van der Waals surface area (Å²) in [6, 6.07) is 10.6. The van der Waals surface area contributed by atoms with Crippen molar-refractivity contribution in [3.8, 4) is 12.1 Å². The molecular formula is C13H8N2. The second-order valence-electron chi connectivity index (χ2n) is 4.87. The van der Waals surface area contributed by atoms with Crippen LogP contribution in [0.15, 0.2) is 18.2 Å². The van der Waals surface area contributed by atoms with E-state index in [1.165, 1.54) is 17.5 Å². The molecule has 3 aliphatic rings. The summed E-state index contributed by atoms with van der Waals surface area (Å²) in [5.74, 6) is 1.56. The molecule has 15 heavy (non-hydrogen) atoms. The number of nitrogens with zero attached hydrogens (tertiary/aromatic N) is 2. The minimum Gasteiger partial charge on any atom is -0.198 e.